The maximum absolute atomic E-state index is 14.1. The molecule has 2 heterocycles. The van der Waals surface area contributed by atoms with Crippen molar-refractivity contribution in [3.63, 3.8) is 0 Å². The molecular weight excluding hydrogens is 325 g/mol. The van der Waals surface area contributed by atoms with Crippen LogP contribution in [0.4, 0.5) is 9.18 Å². The van der Waals surface area contributed by atoms with E-state index in [0.29, 0.717) is 16.9 Å². The summed E-state index contributed by atoms with van der Waals surface area (Å²) in [6.07, 6.45) is 1.42. The number of barbiturate groups is 1. The Morgan fingerprint density at radius 1 is 1.12 bits per heavy atom. The summed E-state index contributed by atoms with van der Waals surface area (Å²) >= 11 is 0. The number of carbonyl (C=O) groups excluding carboxylic acids is 3. The lowest BCUT2D eigenvalue weighted by Crippen LogP contribution is -2.52. The van der Waals surface area contributed by atoms with Gasteiger partial charge in [0.2, 0.25) is 0 Å². The van der Waals surface area contributed by atoms with Gasteiger partial charge in [0.1, 0.15) is 11.4 Å². The maximum Gasteiger partial charge on any atom is 0.331 e. The number of imide groups is 2. The van der Waals surface area contributed by atoms with Crippen LogP contribution in [0.1, 0.15) is 17.0 Å². The van der Waals surface area contributed by atoms with Crippen LogP contribution in [0.2, 0.25) is 0 Å². The number of benzene rings is 1. The van der Waals surface area contributed by atoms with Crippen molar-refractivity contribution in [3.05, 3.63) is 58.7 Å². The minimum Gasteiger partial charge on any atom is -0.315 e. The van der Waals surface area contributed by atoms with E-state index in [9.17, 15) is 18.8 Å². The van der Waals surface area contributed by atoms with Crippen molar-refractivity contribution in [2.24, 2.45) is 0 Å². The summed E-state index contributed by atoms with van der Waals surface area (Å²) < 4.78 is 15.8. The van der Waals surface area contributed by atoms with Crippen molar-refractivity contribution in [1.29, 1.82) is 0 Å². The van der Waals surface area contributed by atoms with Gasteiger partial charge in [-0.05, 0) is 43.7 Å². The summed E-state index contributed by atoms with van der Waals surface area (Å²) in [5.74, 6) is -1.80. The normalized spacial score (nSPS) is 16.6. The molecule has 0 atom stereocenters. The number of hydrogen-bond donors (Lipinski definition) is 1. The highest BCUT2D eigenvalue weighted by Gasteiger charge is 2.33. The second-order valence-corrected chi connectivity index (χ2v) is 5.79. The van der Waals surface area contributed by atoms with E-state index < -0.39 is 17.8 Å². The Morgan fingerprint density at radius 3 is 2.48 bits per heavy atom. The summed E-state index contributed by atoms with van der Waals surface area (Å²) in [7, 11) is 1.29. The van der Waals surface area contributed by atoms with Crippen molar-refractivity contribution in [3.8, 4) is 5.69 Å². The number of carbonyl (C=O) groups is 3. The average Bonchev–Trinajstić information content (AvgIpc) is 2.84. The van der Waals surface area contributed by atoms with E-state index in [-0.39, 0.29) is 11.4 Å². The fraction of sp³-hybridized carbons (Fsp3) is 0.167. The largest absolute Gasteiger partial charge is 0.331 e. The molecule has 4 amide bonds. The van der Waals surface area contributed by atoms with Crippen molar-refractivity contribution in [2.75, 3.05) is 7.05 Å². The van der Waals surface area contributed by atoms with Crippen LogP contribution in [0, 0.1) is 19.7 Å². The molecule has 0 saturated carbocycles. The molecule has 7 heteroatoms. The molecule has 25 heavy (non-hydrogen) atoms. The van der Waals surface area contributed by atoms with Gasteiger partial charge in [0.25, 0.3) is 11.8 Å². The van der Waals surface area contributed by atoms with Gasteiger partial charge < -0.3 is 4.57 Å². The smallest absolute Gasteiger partial charge is 0.315 e. The Hall–Kier alpha value is -3.22. The molecule has 0 spiro atoms. The lowest BCUT2D eigenvalue weighted by molar-refractivity contribution is -0.129. The van der Waals surface area contributed by atoms with Gasteiger partial charge in [0, 0.05) is 18.4 Å². The fourth-order valence-electron chi connectivity index (χ4n) is 2.84. The third-order valence-corrected chi connectivity index (χ3v) is 4.17. The number of rotatable bonds is 2. The van der Waals surface area contributed by atoms with E-state index in [2.05, 4.69) is 5.32 Å². The summed E-state index contributed by atoms with van der Waals surface area (Å²) in [6, 6.07) is 7.35. The lowest BCUT2D eigenvalue weighted by Gasteiger charge is -2.22. The number of aryl methyl sites for hydroxylation is 1. The van der Waals surface area contributed by atoms with E-state index in [1.807, 2.05) is 0 Å². The molecule has 1 aliphatic heterocycles. The van der Waals surface area contributed by atoms with Crippen LogP contribution in [0.3, 0.4) is 0 Å². The van der Waals surface area contributed by atoms with Crippen LogP contribution in [0.25, 0.3) is 11.8 Å². The number of urea groups is 1. The summed E-state index contributed by atoms with van der Waals surface area (Å²) in [5, 5.41) is 2.10. The molecule has 1 fully saturated rings. The molecule has 128 valence electrons. The zero-order chi connectivity index (χ0) is 18.3. The van der Waals surface area contributed by atoms with Gasteiger partial charge >= 0.3 is 6.03 Å². The number of aromatic nitrogens is 1. The third-order valence-electron chi connectivity index (χ3n) is 4.17. The molecule has 1 aromatic carbocycles. The summed E-state index contributed by atoms with van der Waals surface area (Å²) in [4.78, 5) is 36.5. The van der Waals surface area contributed by atoms with Crippen LogP contribution < -0.4 is 5.32 Å². The molecule has 0 radical (unpaired) electrons. The van der Waals surface area contributed by atoms with Crippen LogP contribution >= 0.6 is 0 Å². The molecule has 0 bridgehead atoms. The van der Waals surface area contributed by atoms with Gasteiger partial charge in [-0.15, -0.1) is 0 Å². The molecule has 1 N–H and O–H groups in total. The topological polar surface area (TPSA) is 71.4 Å². The van der Waals surface area contributed by atoms with Gasteiger partial charge in [-0.2, -0.15) is 0 Å². The average molecular weight is 341 g/mol. The highest BCUT2D eigenvalue weighted by Crippen LogP contribution is 2.25. The fourth-order valence-corrected chi connectivity index (χ4v) is 2.84. The van der Waals surface area contributed by atoms with Crippen LogP contribution in [0.15, 0.2) is 35.9 Å². The van der Waals surface area contributed by atoms with E-state index in [1.165, 1.54) is 19.2 Å². The van der Waals surface area contributed by atoms with E-state index >= 15 is 0 Å². The number of halogens is 1. The van der Waals surface area contributed by atoms with Gasteiger partial charge in [-0.3, -0.25) is 19.8 Å². The van der Waals surface area contributed by atoms with E-state index in [4.69, 9.17) is 0 Å². The van der Waals surface area contributed by atoms with Crippen molar-refractivity contribution < 1.29 is 18.8 Å². The quantitative estimate of drug-likeness (QED) is 0.673. The first-order chi connectivity index (χ1) is 11.8. The highest BCUT2D eigenvalue weighted by atomic mass is 19.1. The van der Waals surface area contributed by atoms with Gasteiger partial charge in [0.05, 0.1) is 5.69 Å². The Labute approximate surface area is 143 Å². The molecular formula is C18H16FN3O3. The highest BCUT2D eigenvalue weighted by molar-refractivity contribution is 6.30. The zero-order valence-electron chi connectivity index (χ0n) is 14.0. The predicted octanol–water partition coefficient (Wildman–Crippen LogP) is 2.32. The Kier molecular flexibility index (Phi) is 4.00. The van der Waals surface area contributed by atoms with Crippen molar-refractivity contribution >= 4 is 23.9 Å². The molecule has 3 rings (SSSR count). The number of likely N-dealkylation sites (N-methyl/N-ethyl adjacent to an activating group) is 1. The predicted molar refractivity (Wildman–Crippen MR) is 89.5 cm³/mol. The standard InChI is InChI=1S/C18H16FN3O3/c1-10-8-12(9-13-16(23)20-18(25)21(3)17(13)24)11(2)22(10)15-7-5-4-6-14(15)19/h4-9H,1-3H3,(H,20,23,25). The number of amides is 4. The third kappa shape index (κ3) is 2.73. The second-order valence-electron chi connectivity index (χ2n) is 5.79. The molecule has 6 nitrogen and oxygen atoms in total. The molecule has 1 saturated heterocycles. The van der Waals surface area contributed by atoms with E-state index in [1.54, 1.807) is 42.7 Å². The number of hydrogen-bond acceptors (Lipinski definition) is 3. The Morgan fingerprint density at radius 2 is 1.80 bits per heavy atom. The number of nitrogens with one attached hydrogen (secondary N) is 1. The summed E-state index contributed by atoms with van der Waals surface area (Å²) in [5.41, 5.74) is 2.27. The van der Waals surface area contributed by atoms with Crippen LogP contribution in [-0.2, 0) is 9.59 Å². The van der Waals surface area contributed by atoms with Crippen LogP contribution in [-0.4, -0.2) is 34.4 Å². The van der Waals surface area contributed by atoms with Crippen molar-refractivity contribution in [1.82, 2.24) is 14.8 Å². The summed E-state index contributed by atoms with van der Waals surface area (Å²) in [6.45, 7) is 3.58. The van der Waals surface area contributed by atoms with Crippen molar-refractivity contribution in [2.45, 2.75) is 13.8 Å². The van der Waals surface area contributed by atoms with Crippen LogP contribution in [0.5, 0.6) is 0 Å². The maximum atomic E-state index is 14.1. The zero-order valence-corrected chi connectivity index (χ0v) is 14.0. The second kappa shape index (κ2) is 6.01. The molecule has 2 aromatic rings. The number of nitrogens with zero attached hydrogens (tertiary/aromatic N) is 2. The van der Waals surface area contributed by atoms with Gasteiger partial charge in [0.15, 0.2) is 0 Å². The molecule has 1 aromatic heterocycles. The van der Waals surface area contributed by atoms with E-state index in [0.717, 1.165) is 10.6 Å². The van der Waals surface area contributed by atoms with Gasteiger partial charge in [-0.1, -0.05) is 12.1 Å². The molecule has 0 unspecified atom stereocenters. The number of para-hydroxylation sites is 1. The van der Waals surface area contributed by atoms with Gasteiger partial charge in [-0.25, -0.2) is 9.18 Å². The Bertz CT molecular complexity index is 943. The monoisotopic (exact) mass is 341 g/mol. The first kappa shape index (κ1) is 16.6. The molecule has 0 aliphatic carbocycles. The lowest BCUT2D eigenvalue weighted by atomic mass is 10.1. The first-order valence-corrected chi connectivity index (χ1v) is 7.60. The SMILES string of the molecule is Cc1cc(C=C2C(=O)NC(=O)N(C)C2=O)c(C)n1-c1ccccc1F. The molecule has 1 aliphatic rings. The minimum atomic E-state index is -0.760. The minimum absolute atomic E-state index is 0.143. The first-order valence-electron chi connectivity index (χ1n) is 7.60. The Balaban J connectivity index is 2.10.